The Morgan fingerprint density at radius 3 is 2.63 bits per heavy atom. The quantitative estimate of drug-likeness (QED) is 0.604. The Balaban J connectivity index is 1.95. The topological polar surface area (TPSA) is 43.4 Å². The molecule has 3 nitrogen and oxygen atoms in total. The number of ketones is 1. The lowest BCUT2D eigenvalue weighted by Crippen LogP contribution is -2.13. The first-order chi connectivity index (χ1) is 9.19. The van der Waals surface area contributed by atoms with Crippen LogP contribution in [0.4, 0.5) is 0 Å². The van der Waals surface area contributed by atoms with Gasteiger partial charge < -0.3 is 4.74 Å². The van der Waals surface area contributed by atoms with Crippen molar-refractivity contribution in [3.8, 4) is 0 Å². The molecule has 0 heterocycles. The normalized spacial score (nSPS) is 13.7. The van der Waals surface area contributed by atoms with Crippen LogP contribution < -0.4 is 0 Å². The predicted octanol–water partition coefficient (Wildman–Crippen LogP) is 2.63. The van der Waals surface area contributed by atoms with E-state index in [0.717, 1.165) is 18.4 Å². The molecule has 0 atom stereocenters. The first kappa shape index (κ1) is 13.8. The molecule has 1 aliphatic carbocycles. The van der Waals surface area contributed by atoms with Gasteiger partial charge in [0.25, 0.3) is 0 Å². The SMILES string of the molecule is CCOC(=O)CC(=O)Cc1ccc2c(c1)CCCC2. The lowest BCUT2D eigenvalue weighted by Gasteiger charge is -2.16. The van der Waals surface area contributed by atoms with E-state index in [2.05, 4.69) is 12.1 Å². The van der Waals surface area contributed by atoms with E-state index in [4.69, 9.17) is 4.74 Å². The van der Waals surface area contributed by atoms with Crippen LogP contribution in [-0.2, 0) is 33.6 Å². The zero-order valence-corrected chi connectivity index (χ0v) is 11.4. The molecule has 19 heavy (non-hydrogen) atoms. The summed E-state index contributed by atoms with van der Waals surface area (Å²) in [5.74, 6) is -0.500. The molecule has 0 aliphatic heterocycles. The molecule has 0 saturated heterocycles. The summed E-state index contributed by atoms with van der Waals surface area (Å²) in [5, 5.41) is 0. The maximum absolute atomic E-state index is 11.8. The number of fused-ring (bicyclic) bond motifs is 1. The minimum Gasteiger partial charge on any atom is -0.466 e. The highest BCUT2D eigenvalue weighted by molar-refractivity contribution is 5.96. The molecule has 1 aromatic rings. The van der Waals surface area contributed by atoms with Crippen LogP contribution in [0.2, 0.25) is 0 Å². The number of benzene rings is 1. The van der Waals surface area contributed by atoms with Crippen molar-refractivity contribution in [1.82, 2.24) is 0 Å². The fourth-order valence-electron chi connectivity index (χ4n) is 2.56. The van der Waals surface area contributed by atoms with Crippen LogP contribution in [0.25, 0.3) is 0 Å². The van der Waals surface area contributed by atoms with Crippen LogP contribution >= 0.6 is 0 Å². The summed E-state index contributed by atoms with van der Waals surface area (Å²) in [5.41, 5.74) is 3.79. The van der Waals surface area contributed by atoms with Crippen LogP contribution in [0.3, 0.4) is 0 Å². The summed E-state index contributed by atoms with van der Waals surface area (Å²) in [6.45, 7) is 2.07. The molecule has 3 heteroatoms. The van der Waals surface area contributed by atoms with Gasteiger partial charge in [-0.3, -0.25) is 9.59 Å². The van der Waals surface area contributed by atoms with Gasteiger partial charge in [-0.25, -0.2) is 0 Å². The van der Waals surface area contributed by atoms with Gasteiger partial charge in [-0.1, -0.05) is 18.2 Å². The Kier molecular flexibility index (Phi) is 4.72. The second-order valence-electron chi connectivity index (χ2n) is 5.01. The molecule has 0 bridgehead atoms. The number of carbonyl (C=O) groups excluding carboxylic acids is 2. The van der Waals surface area contributed by atoms with E-state index in [1.807, 2.05) is 6.07 Å². The number of hydrogen-bond acceptors (Lipinski definition) is 3. The van der Waals surface area contributed by atoms with Gasteiger partial charge in [0, 0.05) is 6.42 Å². The van der Waals surface area contributed by atoms with Crippen LogP contribution in [0.1, 0.15) is 42.9 Å². The summed E-state index contributed by atoms with van der Waals surface area (Å²) < 4.78 is 4.78. The summed E-state index contributed by atoms with van der Waals surface area (Å²) in [6, 6.07) is 6.26. The summed E-state index contributed by atoms with van der Waals surface area (Å²) in [4.78, 5) is 23.0. The van der Waals surface area contributed by atoms with Gasteiger partial charge in [-0.05, 0) is 49.3 Å². The third kappa shape index (κ3) is 3.91. The van der Waals surface area contributed by atoms with Gasteiger partial charge >= 0.3 is 5.97 Å². The molecule has 1 aromatic carbocycles. The van der Waals surface area contributed by atoms with Crippen molar-refractivity contribution in [2.75, 3.05) is 6.61 Å². The second-order valence-corrected chi connectivity index (χ2v) is 5.01. The molecule has 0 amide bonds. The van der Waals surface area contributed by atoms with Crippen molar-refractivity contribution in [1.29, 1.82) is 0 Å². The average Bonchev–Trinajstić information content (AvgIpc) is 2.38. The molecular formula is C16H20O3. The van der Waals surface area contributed by atoms with E-state index in [1.165, 1.54) is 24.0 Å². The van der Waals surface area contributed by atoms with Gasteiger partial charge in [0.15, 0.2) is 0 Å². The van der Waals surface area contributed by atoms with E-state index < -0.39 is 5.97 Å². The first-order valence-electron chi connectivity index (χ1n) is 6.97. The van der Waals surface area contributed by atoms with Gasteiger partial charge in [-0.15, -0.1) is 0 Å². The molecule has 0 spiro atoms. The smallest absolute Gasteiger partial charge is 0.313 e. The Hall–Kier alpha value is -1.64. The lowest BCUT2D eigenvalue weighted by molar-refractivity contribution is -0.145. The third-order valence-corrected chi connectivity index (χ3v) is 3.46. The van der Waals surface area contributed by atoms with Crippen LogP contribution in [0.15, 0.2) is 18.2 Å². The molecule has 0 N–H and O–H groups in total. The number of ether oxygens (including phenoxy) is 1. The van der Waals surface area contributed by atoms with Crippen molar-refractivity contribution >= 4 is 11.8 Å². The van der Waals surface area contributed by atoms with Gasteiger partial charge in [0.2, 0.25) is 0 Å². The van der Waals surface area contributed by atoms with E-state index in [1.54, 1.807) is 6.92 Å². The van der Waals surface area contributed by atoms with Crippen LogP contribution in [0.5, 0.6) is 0 Å². The number of carbonyl (C=O) groups is 2. The van der Waals surface area contributed by atoms with Crippen molar-refractivity contribution in [3.05, 3.63) is 34.9 Å². The van der Waals surface area contributed by atoms with E-state index in [-0.39, 0.29) is 12.2 Å². The molecular weight excluding hydrogens is 240 g/mol. The number of Topliss-reactive ketones (excluding diaryl/α,β-unsaturated/α-hetero) is 1. The zero-order chi connectivity index (χ0) is 13.7. The second kappa shape index (κ2) is 6.50. The molecule has 0 unspecified atom stereocenters. The monoisotopic (exact) mass is 260 g/mol. The molecule has 0 saturated carbocycles. The third-order valence-electron chi connectivity index (χ3n) is 3.46. The minimum atomic E-state index is -0.425. The van der Waals surface area contributed by atoms with Crippen molar-refractivity contribution in [2.24, 2.45) is 0 Å². The van der Waals surface area contributed by atoms with Gasteiger partial charge in [-0.2, -0.15) is 0 Å². The molecule has 102 valence electrons. The Labute approximate surface area is 114 Å². The average molecular weight is 260 g/mol. The van der Waals surface area contributed by atoms with Crippen molar-refractivity contribution < 1.29 is 14.3 Å². The molecule has 0 fully saturated rings. The Morgan fingerprint density at radius 2 is 1.89 bits per heavy atom. The maximum Gasteiger partial charge on any atom is 0.313 e. The van der Waals surface area contributed by atoms with E-state index >= 15 is 0 Å². The number of aryl methyl sites for hydroxylation is 2. The van der Waals surface area contributed by atoms with Crippen molar-refractivity contribution in [2.45, 2.75) is 45.4 Å². The molecule has 0 radical (unpaired) electrons. The minimum absolute atomic E-state index is 0.0748. The first-order valence-corrected chi connectivity index (χ1v) is 6.97. The van der Waals surface area contributed by atoms with Crippen LogP contribution in [-0.4, -0.2) is 18.4 Å². The predicted molar refractivity (Wildman–Crippen MR) is 73.0 cm³/mol. The summed E-state index contributed by atoms with van der Waals surface area (Å²) in [7, 11) is 0. The fourth-order valence-corrected chi connectivity index (χ4v) is 2.56. The van der Waals surface area contributed by atoms with E-state index in [0.29, 0.717) is 13.0 Å². The van der Waals surface area contributed by atoms with E-state index in [9.17, 15) is 9.59 Å². The standard InChI is InChI=1S/C16H20O3/c1-2-19-16(18)11-15(17)10-12-7-8-13-5-3-4-6-14(13)9-12/h7-9H,2-6,10-11H2,1H3. The van der Waals surface area contributed by atoms with Gasteiger partial charge in [0.05, 0.1) is 6.61 Å². The Morgan fingerprint density at radius 1 is 1.16 bits per heavy atom. The number of esters is 1. The fraction of sp³-hybridized carbons (Fsp3) is 0.500. The highest BCUT2D eigenvalue weighted by Crippen LogP contribution is 2.22. The molecule has 0 aromatic heterocycles. The Bertz CT molecular complexity index is 477. The lowest BCUT2D eigenvalue weighted by atomic mass is 9.89. The molecule has 1 aliphatic rings. The van der Waals surface area contributed by atoms with Crippen LogP contribution in [0, 0.1) is 0 Å². The molecule has 2 rings (SSSR count). The highest BCUT2D eigenvalue weighted by atomic mass is 16.5. The number of hydrogen-bond donors (Lipinski definition) is 0. The largest absolute Gasteiger partial charge is 0.466 e. The number of rotatable bonds is 5. The highest BCUT2D eigenvalue weighted by Gasteiger charge is 2.13. The van der Waals surface area contributed by atoms with Gasteiger partial charge in [0.1, 0.15) is 12.2 Å². The summed E-state index contributed by atoms with van der Waals surface area (Å²) in [6.07, 6.45) is 4.94. The maximum atomic E-state index is 11.8. The zero-order valence-electron chi connectivity index (χ0n) is 11.4. The van der Waals surface area contributed by atoms with Crippen molar-refractivity contribution in [3.63, 3.8) is 0 Å². The summed E-state index contributed by atoms with van der Waals surface area (Å²) >= 11 is 0.